The summed E-state index contributed by atoms with van der Waals surface area (Å²) in [5.74, 6) is -2.56. The fourth-order valence-electron chi connectivity index (χ4n) is 5.89. The lowest BCUT2D eigenvalue weighted by Gasteiger charge is -2.41. The Kier molecular flexibility index (Phi) is 12.8. The first-order chi connectivity index (χ1) is 21.5. The van der Waals surface area contributed by atoms with Crippen molar-refractivity contribution in [2.45, 2.75) is 110 Å². The number of alkyl carbamates (subject to hydrolysis) is 1. The van der Waals surface area contributed by atoms with Gasteiger partial charge >= 0.3 is 6.09 Å². The van der Waals surface area contributed by atoms with E-state index in [9.17, 15) is 29.1 Å². The van der Waals surface area contributed by atoms with Crippen LogP contribution in [0, 0.1) is 11.3 Å². The minimum Gasteiger partial charge on any atom is -0.445 e. The van der Waals surface area contributed by atoms with Crippen LogP contribution >= 0.6 is 0 Å². The van der Waals surface area contributed by atoms with Crippen LogP contribution in [0.25, 0.3) is 0 Å². The van der Waals surface area contributed by atoms with Gasteiger partial charge in [-0.3, -0.25) is 19.2 Å². The molecule has 2 aliphatic heterocycles. The van der Waals surface area contributed by atoms with Gasteiger partial charge < -0.3 is 35.2 Å². The van der Waals surface area contributed by atoms with Crippen molar-refractivity contribution >= 4 is 38.8 Å². The fraction of sp³-hybridized carbons (Fsp3) is 0.656. The van der Waals surface area contributed by atoms with E-state index in [4.69, 9.17) is 15.0 Å². The lowest BCUT2D eigenvalue weighted by Crippen LogP contribution is -2.61. The van der Waals surface area contributed by atoms with E-state index >= 15 is 0 Å². The third-order valence-corrected chi connectivity index (χ3v) is 9.45. The van der Waals surface area contributed by atoms with E-state index in [1.54, 1.807) is 24.3 Å². The molecule has 0 spiro atoms. The van der Waals surface area contributed by atoms with Crippen molar-refractivity contribution in [1.29, 1.82) is 0 Å². The van der Waals surface area contributed by atoms with Crippen molar-refractivity contribution in [3.63, 3.8) is 0 Å². The number of likely N-dealkylation sites (tertiary alicyclic amines) is 2. The van der Waals surface area contributed by atoms with Gasteiger partial charge in [0.1, 0.15) is 30.8 Å². The van der Waals surface area contributed by atoms with Crippen LogP contribution in [-0.2, 0) is 35.0 Å². The lowest BCUT2D eigenvalue weighted by atomic mass is 9.77. The molecular formula is C32H51N5O8Si. The van der Waals surface area contributed by atoms with Crippen LogP contribution in [0.3, 0.4) is 0 Å². The molecule has 46 heavy (non-hydrogen) atoms. The van der Waals surface area contributed by atoms with Gasteiger partial charge in [0.25, 0.3) is 5.91 Å². The standard InChI is InChI=1S/C32H51N5O8Si/c1-20(32(3,4)5)26(27(33)39)37(45-46(6)7)29(41)24-16-12-17-35(24)28(40)23-15-11-18-36(23)30(42)25(21(2)38)34-31(43)44-19-22-13-9-8-10-14-22/h8-10,13-14,20-21,23-26,38,46H,11-12,15-19H2,1-7H3,(H2,33,39)(H,34,43)/t20-,21+,23-,24-,25-,26-/m0/s1. The lowest BCUT2D eigenvalue weighted by molar-refractivity contribution is -0.183. The zero-order valence-electron chi connectivity index (χ0n) is 28.1. The summed E-state index contributed by atoms with van der Waals surface area (Å²) < 4.78 is 11.3. The summed E-state index contributed by atoms with van der Waals surface area (Å²) in [5, 5.41) is 14.0. The number of hydrogen-bond donors (Lipinski definition) is 3. The summed E-state index contributed by atoms with van der Waals surface area (Å²) in [6.45, 7) is 13.4. The van der Waals surface area contributed by atoms with Crippen molar-refractivity contribution in [3.05, 3.63) is 35.9 Å². The molecule has 2 aliphatic rings. The predicted molar refractivity (Wildman–Crippen MR) is 173 cm³/mol. The average Bonchev–Trinajstić information content (AvgIpc) is 3.67. The number of rotatable bonds is 12. The number of nitrogens with one attached hydrogen (secondary N) is 1. The molecule has 0 aromatic heterocycles. The van der Waals surface area contributed by atoms with Crippen molar-refractivity contribution in [3.8, 4) is 0 Å². The van der Waals surface area contributed by atoms with E-state index in [2.05, 4.69) is 5.32 Å². The zero-order chi connectivity index (χ0) is 34.3. The van der Waals surface area contributed by atoms with Crippen LogP contribution in [0.2, 0.25) is 13.1 Å². The molecule has 2 heterocycles. The number of carbonyl (C=O) groups is 5. The molecule has 2 saturated heterocycles. The van der Waals surface area contributed by atoms with Crippen LogP contribution in [0.1, 0.15) is 65.9 Å². The number of benzene rings is 1. The Morgan fingerprint density at radius 3 is 2.15 bits per heavy atom. The number of aliphatic hydroxyl groups is 1. The molecule has 1 aromatic rings. The molecule has 0 saturated carbocycles. The summed E-state index contributed by atoms with van der Waals surface area (Å²) in [6.07, 6.45) is -0.340. The number of hydrogen-bond acceptors (Lipinski definition) is 8. The summed E-state index contributed by atoms with van der Waals surface area (Å²) in [6, 6.07) is 4.85. The highest BCUT2D eigenvalue weighted by atomic mass is 28.3. The van der Waals surface area contributed by atoms with Gasteiger partial charge in [0.2, 0.25) is 26.8 Å². The van der Waals surface area contributed by atoms with Crippen LogP contribution in [0.15, 0.2) is 30.3 Å². The zero-order valence-corrected chi connectivity index (χ0v) is 29.3. The summed E-state index contributed by atoms with van der Waals surface area (Å²) in [7, 11) is -1.89. The first-order valence-corrected chi connectivity index (χ1v) is 18.9. The number of carbonyl (C=O) groups excluding carboxylic acids is 5. The monoisotopic (exact) mass is 661 g/mol. The molecule has 14 heteroatoms. The van der Waals surface area contributed by atoms with E-state index in [1.807, 2.05) is 46.9 Å². The number of hydroxylamine groups is 2. The van der Waals surface area contributed by atoms with Crippen molar-refractivity contribution in [2.24, 2.45) is 17.1 Å². The second-order valence-electron chi connectivity index (χ2n) is 13.6. The molecule has 3 rings (SSSR count). The summed E-state index contributed by atoms with van der Waals surface area (Å²) in [5.41, 5.74) is 6.23. The largest absolute Gasteiger partial charge is 0.445 e. The van der Waals surface area contributed by atoms with Gasteiger partial charge in [-0.2, -0.15) is 0 Å². The van der Waals surface area contributed by atoms with E-state index in [-0.39, 0.29) is 24.5 Å². The Bertz CT molecular complexity index is 1240. The smallest absolute Gasteiger partial charge is 0.408 e. The molecule has 0 unspecified atom stereocenters. The van der Waals surface area contributed by atoms with Crippen LogP contribution < -0.4 is 11.1 Å². The van der Waals surface area contributed by atoms with Crippen molar-refractivity contribution in [1.82, 2.24) is 20.2 Å². The number of primary amides is 1. The highest BCUT2D eigenvalue weighted by molar-refractivity contribution is 6.48. The third kappa shape index (κ3) is 9.07. The molecule has 4 N–H and O–H groups in total. The number of nitrogens with two attached hydrogens (primary N) is 1. The Morgan fingerprint density at radius 2 is 1.61 bits per heavy atom. The van der Waals surface area contributed by atoms with Crippen LogP contribution in [0.4, 0.5) is 4.79 Å². The molecule has 0 radical (unpaired) electrons. The van der Waals surface area contributed by atoms with Crippen molar-refractivity contribution in [2.75, 3.05) is 13.1 Å². The molecule has 0 aliphatic carbocycles. The van der Waals surface area contributed by atoms with Gasteiger partial charge in [0, 0.05) is 13.1 Å². The maximum atomic E-state index is 14.1. The minimum atomic E-state index is -1.89. The number of nitrogens with zero attached hydrogens (tertiary/aromatic N) is 3. The van der Waals surface area contributed by atoms with Crippen LogP contribution in [0.5, 0.6) is 0 Å². The maximum Gasteiger partial charge on any atom is 0.408 e. The van der Waals surface area contributed by atoms with Gasteiger partial charge in [-0.1, -0.05) is 58.0 Å². The van der Waals surface area contributed by atoms with E-state index in [0.717, 1.165) is 10.6 Å². The Balaban J connectivity index is 1.78. The third-order valence-electron chi connectivity index (χ3n) is 8.80. The molecule has 13 nitrogen and oxygen atoms in total. The minimum absolute atomic E-state index is 0.0201. The van der Waals surface area contributed by atoms with E-state index in [1.165, 1.54) is 16.7 Å². The Morgan fingerprint density at radius 1 is 1.02 bits per heavy atom. The number of ether oxygens (including phenoxy) is 1. The molecule has 1 aromatic carbocycles. The van der Waals surface area contributed by atoms with E-state index in [0.29, 0.717) is 32.2 Å². The predicted octanol–water partition coefficient (Wildman–Crippen LogP) is 1.92. The van der Waals surface area contributed by atoms with Gasteiger partial charge in [-0.25, -0.2) is 9.86 Å². The highest BCUT2D eigenvalue weighted by Gasteiger charge is 2.48. The molecule has 6 atom stereocenters. The fourth-order valence-corrected chi connectivity index (χ4v) is 6.58. The molecular weight excluding hydrogens is 610 g/mol. The first-order valence-electron chi connectivity index (χ1n) is 16.1. The van der Waals surface area contributed by atoms with E-state index < -0.39 is 69.0 Å². The molecule has 5 amide bonds. The molecule has 256 valence electrons. The molecule has 0 bridgehead atoms. The second kappa shape index (κ2) is 15.9. The quantitative estimate of drug-likeness (QED) is 0.225. The number of amides is 5. The van der Waals surface area contributed by atoms with Gasteiger partial charge in [-0.15, -0.1) is 0 Å². The Labute approximate surface area is 273 Å². The maximum absolute atomic E-state index is 14.1. The van der Waals surface area contributed by atoms with Gasteiger partial charge in [0.15, 0.2) is 0 Å². The second-order valence-corrected chi connectivity index (χ2v) is 15.9. The molecule has 2 fully saturated rings. The number of aliphatic hydroxyl groups excluding tert-OH is 1. The summed E-state index contributed by atoms with van der Waals surface area (Å²) >= 11 is 0. The summed E-state index contributed by atoms with van der Waals surface area (Å²) in [4.78, 5) is 70.0. The average molecular weight is 662 g/mol. The topological polar surface area (TPSA) is 172 Å². The highest BCUT2D eigenvalue weighted by Crippen LogP contribution is 2.33. The first kappa shape index (κ1) is 37.0. The van der Waals surface area contributed by atoms with Crippen molar-refractivity contribution < 1.29 is 38.3 Å². The van der Waals surface area contributed by atoms with Gasteiger partial charge in [0.05, 0.1) is 6.10 Å². The van der Waals surface area contributed by atoms with Gasteiger partial charge in [-0.05, 0) is 62.6 Å². The SMILES string of the molecule is C[C@@H](O)[C@H](NC(=O)OCc1ccccc1)C(=O)N1CCC[C@H]1C(=O)N1CCC[C@H]1C(=O)N(O[SiH](C)C)[C@H](C(N)=O)[C@H](C)C(C)(C)C. The Hall–Kier alpha value is -3.49. The van der Waals surface area contributed by atoms with Crippen LogP contribution in [-0.4, -0.2) is 102 Å². The normalized spacial score (nSPS) is 21.0.